The van der Waals surface area contributed by atoms with Crippen LogP contribution in [0.15, 0.2) is 137 Å². The van der Waals surface area contributed by atoms with Crippen molar-refractivity contribution in [3.05, 3.63) is 128 Å². The molecule has 0 atom stereocenters. The van der Waals surface area contributed by atoms with E-state index in [4.69, 9.17) is 40.7 Å². The molecule has 10 aliphatic rings. The van der Waals surface area contributed by atoms with Gasteiger partial charge in [-0.2, -0.15) is 0 Å². The average Bonchev–Trinajstić information content (AvgIpc) is 4.11. The highest BCUT2D eigenvalue weighted by Crippen LogP contribution is 2.82. The van der Waals surface area contributed by atoms with Gasteiger partial charge in [0.1, 0.15) is 0 Å². The quantitative estimate of drug-likeness (QED) is 0.200. The number of hydrogen-bond donors (Lipinski definition) is 0. The van der Waals surface area contributed by atoms with Crippen molar-refractivity contribution in [3.63, 3.8) is 0 Å². The zero-order valence-corrected chi connectivity index (χ0v) is 42.7. The number of fused-ring (bicyclic) bond motifs is 6. The van der Waals surface area contributed by atoms with E-state index in [0.717, 1.165) is 33.4 Å². The molecule has 0 saturated heterocycles. The summed E-state index contributed by atoms with van der Waals surface area (Å²) >= 11 is 21.6. The Hall–Kier alpha value is 0.750. The van der Waals surface area contributed by atoms with Crippen molar-refractivity contribution in [1.29, 1.82) is 0 Å². The first-order valence-corrected chi connectivity index (χ1v) is 32.7. The number of hydrogen-bond acceptors (Lipinski definition) is 21. The van der Waals surface area contributed by atoms with Gasteiger partial charge < -0.3 is 27.1 Å². The molecule has 9 nitrogen and oxygen atoms in total. The lowest BCUT2D eigenvalue weighted by atomic mass is 10.1. The van der Waals surface area contributed by atoms with Crippen molar-refractivity contribution < 1.29 is 27.1 Å². The zero-order valence-electron chi connectivity index (χ0n) is 30.2. The van der Waals surface area contributed by atoms with Crippen LogP contribution in [0, 0.1) is 0 Å². The Morgan fingerprint density at radius 3 is 0.700 bits per heavy atom. The fourth-order valence-corrected chi connectivity index (χ4v) is 30.5. The summed E-state index contributed by atoms with van der Waals surface area (Å²) < 4.78 is 64.6. The summed E-state index contributed by atoms with van der Waals surface area (Å²) in [4.78, 5) is 7.34. The third-order valence-electron chi connectivity index (χ3n) is 9.74. The smallest absolute Gasteiger partial charge is 0.301 e. The normalized spacial score (nSPS) is 24.8. The predicted octanol–water partition coefficient (Wildman–Crippen LogP) is 17.9. The van der Waals surface area contributed by atoms with Gasteiger partial charge in [-0.15, -0.1) is 13.5 Å². The molecule has 0 saturated carbocycles. The number of nitrogens with zero attached hydrogens (tertiary/aromatic N) is 3. The first kappa shape index (κ1) is 41.0. The zero-order chi connectivity index (χ0) is 39.5. The molecule has 0 radical (unpaired) electrons. The summed E-state index contributed by atoms with van der Waals surface area (Å²) in [5.41, 5.74) is 6.34. The van der Waals surface area contributed by atoms with Crippen LogP contribution in [0.1, 0.15) is 33.4 Å². The van der Waals surface area contributed by atoms with Crippen LogP contribution in [-0.2, 0) is 66.8 Å². The van der Waals surface area contributed by atoms with Gasteiger partial charge in [0.2, 0.25) is 0 Å². The summed E-state index contributed by atoms with van der Waals surface area (Å²) in [7, 11) is -10.4. The Labute approximate surface area is 397 Å². The topological polar surface area (TPSA) is 92.5 Å². The summed E-state index contributed by atoms with van der Waals surface area (Å²) in [6.45, 7) is 1.60. The van der Waals surface area contributed by atoms with E-state index >= 15 is 0 Å². The van der Waals surface area contributed by atoms with Gasteiger partial charge in [0.15, 0.2) is 0 Å². The van der Waals surface area contributed by atoms with Gasteiger partial charge in [0.25, 0.3) is 0 Å². The highest BCUT2D eigenvalue weighted by Gasteiger charge is 2.46. The fraction of sp³-hybridized carbons (Fsp3) is 0.167. The van der Waals surface area contributed by atoms with Crippen molar-refractivity contribution in [2.24, 2.45) is 13.5 Å². The van der Waals surface area contributed by atoms with Crippen LogP contribution in [-0.4, -0.2) is 0 Å². The van der Waals surface area contributed by atoms with E-state index in [1.165, 1.54) is 54.8 Å². The SMILES string of the molecule is C1=CSC(=C2Sc3cc4c(cc3S2)COP2(=NP3(=NP5(=N2)OCc2cc6c(cc2CO5)SC(=C2SC=CS2)S6)OCc2cc5c(cc2CO3)SC(=C2SC=CS2)S5)OC4)S1. The van der Waals surface area contributed by atoms with Crippen LogP contribution in [0.5, 0.6) is 0 Å². The van der Waals surface area contributed by atoms with Crippen LogP contribution in [0.25, 0.3) is 0 Å². The summed E-state index contributed by atoms with van der Waals surface area (Å²) in [6, 6.07) is 13.4. The minimum absolute atomic E-state index is 0.266. The third kappa shape index (κ3) is 7.68. The molecule has 13 rings (SSSR count). The molecular weight excluding hydrogens is 1050 g/mol. The van der Waals surface area contributed by atoms with E-state index in [1.54, 1.807) is 70.6 Å². The first-order chi connectivity index (χ1) is 29.4. The van der Waals surface area contributed by atoms with E-state index in [0.29, 0.717) is 0 Å². The first-order valence-electron chi connectivity index (χ1n) is 18.0. The van der Waals surface area contributed by atoms with Crippen LogP contribution >= 0.6 is 164 Å². The molecule has 0 N–H and O–H groups in total. The van der Waals surface area contributed by atoms with E-state index in [-0.39, 0.29) is 39.6 Å². The molecule has 3 aromatic rings. The summed E-state index contributed by atoms with van der Waals surface area (Å²) in [5, 5.41) is 12.9. The van der Waals surface area contributed by atoms with Crippen LogP contribution in [0.3, 0.4) is 0 Å². The second kappa shape index (κ2) is 16.5. The maximum atomic E-state index is 6.83. The van der Waals surface area contributed by atoms with Crippen molar-refractivity contribution in [3.8, 4) is 0 Å². The predicted molar refractivity (Wildman–Crippen MR) is 265 cm³/mol. The monoisotopic (exact) mass is 1070 g/mol. The van der Waals surface area contributed by atoms with Crippen LogP contribution < -0.4 is 0 Å². The van der Waals surface area contributed by atoms with Gasteiger partial charge in [-0.25, -0.2) is 0 Å². The molecule has 0 unspecified atom stereocenters. The molecule has 0 fully saturated rings. The molecular formula is C36H24N3O6P3S12. The Balaban J connectivity index is 0.844. The highest BCUT2D eigenvalue weighted by molar-refractivity contribution is 8.33. The Bertz CT molecular complexity index is 2400. The number of benzene rings is 3. The lowest BCUT2D eigenvalue weighted by molar-refractivity contribution is 0.219. The fourth-order valence-electron chi connectivity index (χ4n) is 6.86. The van der Waals surface area contributed by atoms with Gasteiger partial charge in [0, 0.05) is 29.4 Å². The Kier molecular flexibility index (Phi) is 11.3. The lowest BCUT2D eigenvalue weighted by Crippen LogP contribution is -2.00. The highest BCUT2D eigenvalue weighted by atomic mass is 32.2. The Morgan fingerprint density at radius 2 is 0.500 bits per heavy atom. The van der Waals surface area contributed by atoms with Crippen molar-refractivity contribution in [1.82, 2.24) is 0 Å². The van der Waals surface area contributed by atoms with Crippen molar-refractivity contribution >= 4 is 164 Å². The molecule has 60 heavy (non-hydrogen) atoms. The minimum atomic E-state index is -3.46. The van der Waals surface area contributed by atoms with E-state index in [9.17, 15) is 0 Å². The van der Waals surface area contributed by atoms with E-state index in [1.807, 2.05) is 70.6 Å². The van der Waals surface area contributed by atoms with E-state index in [2.05, 4.69) is 68.8 Å². The van der Waals surface area contributed by atoms with Crippen molar-refractivity contribution in [2.75, 3.05) is 0 Å². The molecule has 306 valence electrons. The molecule has 3 spiro atoms. The van der Waals surface area contributed by atoms with Crippen LogP contribution in [0.4, 0.5) is 0 Å². The number of rotatable bonds is 0. The summed E-state index contributed by atoms with van der Waals surface area (Å²) in [6.07, 6.45) is 0. The molecule has 24 heteroatoms. The summed E-state index contributed by atoms with van der Waals surface area (Å²) in [5.74, 6) is 0. The molecule has 0 aliphatic carbocycles. The largest absolute Gasteiger partial charge is 0.349 e. The molecule has 0 bridgehead atoms. The molecule has 10 aliphatic heterocycles. The standard InChI is InChI=1S/C36H24N3O6P3S12/c1-2-50-31(49-1)34-55-25-7-19-13-40-46(41-14-20(19)8-26(25)56-34)37-47(42-15-21-9-27-28(10-22(21)16-43-47)58-35(57-27)32-51-3-4-52-32)39-48(38-46)44-17-23-11-29-30(12-24(23)18-45-48)60-36(59-29)33-53-5-6-54-33/h1-12H,13-18H2. The number of thioether (sulfide) groups is 12. The third-order valence-corrected chi connectivity index (χ3v) is 33.5. The van der Waals surface area contributed by atoms with Gasteiger partial charge >= 0.3 is 23.0 Å². The van der Waals surface area contributed by atoms with Gasteiger partial charge in [-0.05, 0) is 102 Å². The molecule has 10 heterocycles. The van der Waals surface area contributed by atoms with E-state index < -0.39 is 23.0 Å². The average molecular weight is 1070 g/mol. The minimum Gasteiger partial charge on any atom is -0.301 e. The van der Waals surface area contributed by atoms with Crippen LogP contribution in [0.2, 0.25) is 0 Å². The second-order valence-electron chi connectivity index (χ2n) is 13.4. The lowest BCUT2D eigenvalue weighted by Gasteiger charge is -2.31. The van der Waals surface area contributed by atoms with Gasteiger partial charge in [-0.3, -0.25) is 0 Å². The molecule has 0 amide bonds. The second-order valence-corrected chi connectivity index (χ2v) is 33.4. The van der Waals surface area contributed by atoms with Crippen molar-refractivity contribution in [2.45, 2.75) is 69.0 Å². The Morgan fingerprint density at radius 1 is 0.300 bits per heavy atom. The maximum Gasteiger partial charge on any atom is 0.349 e. The van der Waals surface area contributed by atoms with Gasteiger partial charge in [0.05, 0.1) is 65.1 Å². The maximum absolute atomic E-state index is 6.83. The molecule has 3 aromatic carbocycles. The van der Waals surface area contributed by atoms with Gasteiger partial charge in [-0.1, -0.05) is 141 Å². The molecule has 0 aromatic heterocycles.